The summed E-state index contributed by atoms with van der Waals surface area (Å²) in [7, 11) is 0. The van der Waals surface area contributed by atoms with Crippen LogP contribution in [0.4, 0.5) is 0 Å². The molecule has 0 aliphatic carbocycles. The van der Waals surface area contributed by atoms with Gasteiger partial charge in [-0.3, -0.25) is 14.8 Å². The van der Waals surface area contributed by atoms with Crippen LogP contribution in [0, 0.1) is 0 Å². The summed E-state index contributed by atoms with van der Waals surface area (Å²) >= 11 is 0. The van der Waals surface area contributed by atoms with Crippen LogP contribution in [-0.4, -0.2) is 38.6 Å². The van der Waals surface area contributed by atoms with Gasteiger partial charge in [0.05, 0.1) is 12.6 Å². The van der Waals surface area contributed by atoms with Gasteiger partial charge in [0.15, 0.2) is 5.82 Å². The first-order valence-corrected chi connectivity index (χ1v) is 9.30. The zero-order chi connectivity index (χ0) is 18.6. The molecule has 1 amide bonds. The van der Waals surface area contributed by atoms with Gasteiger partial charge in [-0.05, 0) is 24.1 Å². The molecular weight excluding hydrogens is 338 g/mol. The van der Waals surface area contributed by atoms with E-state index in [9.17, 15) is 4.79 Å². The highest BCUT2D eigenvalue weighted by atomic mass is 16.2. The molecule has 2 aromatic carbocycles. The number of hydrogen-bond acceptors (Lipinski definition) is 4. The van der Waals surface area contributed by atoms with Crippen LogP contribution in [0.25, 0.3) is 11.4 Å². The van der Waals surface area contributed by atoms with E-state index in [0.29, 0.717) is 18.2 Å². The number of amides is 1. The molecule has 0 spiro atoms. The smallest absolute Gasteiger partial charge is 0.238 e. The highest BCUT2D eigenvalue weighted by Gasteiger charge is 2.30. The number of H-pyrrole nitrogens is 1. The summed E-state index contributed by atoms with van der Waals surface area (Å²) in [4.78, 5) is 19.5. The minimum Gasteiger partial charge on any atom is -0.347 e. The van der Waals surface area contributed by atoms with Crippen LogP contribution in [0.15, 0.2) is 54.6 Å². The number of rotatable bonds is 5. The zero-order valence-electron chi connectivity index (χ0n) is 15.4. The van der Waals surface area contributed by atoms with E-state index in [1.165, 1.54) is 11.1 Å². The number of fused-ring (bicyclic) bond motifs is 1. The first-order chi connectivity index (χ1) is 13.2. The molecule has 1 atom stereocenters. The Hall–Kier alpha value is -2.99. The second kappa shape index (κ2) is 7.72. The molecule has 0 bridgehead atoms. The van der Waals surface area contributed by atoms with Crippen LogP contribution in [0.1, 0.15) is 23.9 Å². The first-order valence-electron chi connectivity index (χ1n) is 9.30. The Morgan fingerprint density at radius 2 is 1.89 bits per heavy atom. The largest absolute Gasteiger partial charge is 0.347 e. The lowest BCUT2D eigenvalue weighted by atomic mass is 9.93. The minimum absolute atomic E-state index is 0.0315. The van der Waals surface area contributed by atoms with Crippen molar-refractivity contribution in [3.05, 3.63) is 71.5 Å². The van der Waals surface area contributed by atoms with Crippen molar-refractivity contribution in [3.8, 4) is 11.4 Å². The van der Waals surface area contributed by atoms with Crippen LogP contribution < -0.4 is 5.32 Å². The lowest BCUT2D eigenvalue weighted by Gasteiger charge is -2.35. The Balaban J connectivity index is 1.41. The molecule has 1 unspecified atom stereocenters. The average molecular weight is 361 g/mol. The lowest BCUT2D eigenvalue weighted by Crippen LogP contribution is -2.50. The van der Waals surface area contributed by atoms with Gasteiger partial charge < -0.3 is 5.32 Å². The van der Waals surface area contributed by atoms with Gasteiger partial charge in [-0.1, -0.05) is 61.5 Å². The standard InChI is InChI=1S/C21H23N5O/c1-2-26-14-17-11-7-6-10-16(17)12-18(26)21(27)22-13-19-23-20(25-24-19)15-8-4-3-5-9-15/h3-11,18H,2,12-14H2,1H3,(H,22,27)(H,23,24,25). The van der Waals surface area contributed by atoms with E-state index in [0.717, 1.165) is 25.1 Å². The van der Waals surface area contributed by atoms with Gasteiger partial charge in [0.25, 0.3) is 0 Å². The van der Waals surface area contributed by atoms with E-state index < -0.39 is 0 Å². The second-order valence-corrected chi connectivity index (χ2v) is 6.74. The summed E-state index contributed by atoms with van der Waals surface area (Å²) in [6.45, 7) is 4.09. The molecular formula is C21H23N5O. The van der Waals surface area contributed by atoms with Crippen LogP contribution in [0.2, 0.25) is 0 Å². The molecule has 2 N–H and O–H groups in total. The topological polar surface area (TPSA) is 73.9 Å². The van der Waals surface area contributed by atoms with Gasteiger partial charge in [0.2, 0.25) is 5.91 Å². The lowest BCUT2D eigenvalue weighted by molar-refractivity contribution is -0.127. The number of carbonyl (C=O) groups is 1. The number of benzene rings is 2. The first kappa shape index (κ1) is 17.4. The Labute approximate surface area is 158 Å². The van der Waals surface area contributed by atoms with E-state index in [1.807, 2.05) is 36.4 Å². The number of carbonyl (C=O) groups excluding carboxylic acids is 1. The molecule has 0 fully saturated rings. The summed E-state index contributed by atoms with van der Waals surface area (Å²) in [5, 5.41) is 10.2. The van der Waals surface area contributed by atoms with Gasteiger partial charge in [0.1, 0.15) is 5.82 Å². The second-order valence-electron chi connectivity index (χ2n) is 6.74. The van der Waals surface area contributed by atoms with Crippen molar-refractivity contribution in [3.63, 3.8) is 0 Å². The van der Waals surface area contributed by atoms with Crippen molar-refractivity contribution < 1.29 is 4.79 Å². The molecule has 2 heterocycles. The summed E-state index contributed by atoms with van der Waals surface area (Å²) in [5.74, 6) is 1.33. The molecule has 1 aliphatic heterocycles. The third kappa shape index (κ3) is 3.75. The van der Waals surface area contributed by atoms with Crippen molar-refractivity contribution in [1.82, 2.24) is 25.4 Å². The molecule has 0 saturated carbocycles. The third-order valence-corrected chi connectivity index (χ3v) is 5.05. The van der Waals surface area contributed by atoms with Crippen LogP contribution >= 0.6 is 0 Å². The molecule has 1 aliphatic rings. The SMILES string of the molecule is CCN1Cc2ccccc2CC1C(=O)NCc1nc(-c2ccccc2)n[nH]1. The van der Waals surface area contributed by atoms with E-state index in [1.54, 1.807) is 0 Å². The van der Waals surface area contributed by atoms with Gasteiger partial charge in [-0.25, -0.2) is 4.98 Å². The monoisotopic (exact) mass is 361 g/mol. The molecule has 27 heavy (non-hydrogen) atoms. The van der Waals surface area contributed by atoms with E-state index in [-0.39, 0.29) is 11.9 Å². The van der Waals surface area contributed by atoms with Crippen LogP contribution in [-0.2, 0) is 24.3 Å². The predicted octanol–water partition coefficient (Wildman–Crippen LogP) is 2.53. The van der Waals surface area contributed by atoms with Gasteiger partial charge in [-0.2, -0.15) is 5.10 Å². The summed E-state index contributed by atoms with van der Waals surface area (Å²) in [6, 6.07) is 18.0. The predicted molar refractivity (Wildman–Crippen MR) is 104 cm³/mol. The number of nitrogens with one attached hydrogen (secondary N) is 2. The molecule has 3 aromatic rings. The number of aromatic amines is 1. The maximum Gasteiger partial charge on any atom is 0.238 e. The molecule has 0 saturated heterocycles. The Kier molecular flexibility index (Phi) is 4.98. The van der Waals surface area contributed by atoms with Crippen molar-refractivity contribution in [2.24, 2.45) is 0 Å². The minimum atomic E-state index is -0.151. The van der Waals surface area contributed by atoms with Crippen LogP contribution in [0.3, 0.4) is 0 Å². The molecule has 6 heteroatoms. The van der Waals surface area contributed by atoms with Crippen molar-refractivity contribution >= 4 is 5.91 Å². The molecule has 1 aromatic heterocycles. The summed E-state index contributed by atoms with van der Waals surface area (Å²) in [6.07, 6.45) is 0.738. The van der Waals surface area contributed by atoms with Gasteiger partial charge in [-0.15, -0.1) is 0 Å². The van der Waals surface area contributed by atoms with Crippen molar-refractivity contribution in [1.29, 1.82) is 0 Å². The number of hydrogen-bond donors (Lipinski definition) is 2. The normalized spacial score (nSPS) is 16.7. The average Bonchev–Trinajstić information content (AvgIpc) is 3.20. The fraction of sp³-hybridized carbons (Fsp3) is 0.286. The maximum atomic E-state index is 12.8. The Bertz CT molecular complexity index is 921. The Morgan fingerprint density at radius 1 is 1.15 bits per heavy atom. The van der Waals surface area contributed by atoms with E-state index >= 15 is 0 Å². The number of likely N-dealkylation sites (N-methyl/N-ethyl adjacent to an activating group) is 1. The van der Waals surface area contributed by atoms with E-state index in [2.05, 4.69) is 50.5 Å². The third-order valence-electron chi connectivity index (χ3n) is 5.05. The quantitative estimate of drug-likeness (QED) is 0.732. The Morgan fingerprint density at radius 3 is 2.67 bits per heavy atom. The highest BCUT2D eigenvalue weighted by Crippen LogP contribution is 2.23. The highest BCUT2D eigenvalue weighted by molar-refractivity contribution is 5.82. The molecule has 138 valence electrons. The van der Waals surface area contributed by atoms with Gasteiger partial charge in [0, 0.05) is 12.1 Å². The van der Waals surface area contributed by atoms with E-state index in [4.69, 9.17) is 0 Å². The van der Waals surface area contributed by atoms with Gasteiger partial charge >= 0.3 is 0 Å². The van der Waals surface area contributed by atoms with Crippen molar-refractivity contribution in [2.75, 3.05) is 6.54 Å². The van der Waals surface area contributed by atoms with Crippen LogP contribution in [0.5, 0.6) is 0 Å². The molecule has 6 nitrogen and oxygen atoms in total. The summed E-state index contributed by atoms with van der Waals surface area (Å²) in [5.41, 5.74) is 3.52. The maximum absolute atomic E-state index is 12.8. The fourth-order valence-electron chi connectivity index (χ4n) is 3.55. The molecule has 0 radical (unpaired) electrons. The summed E-state index contributed by atoms with van der Waals surface area (Å²) < 4.78 is 0. The zero-order valence-corrected chi connectivity index (χ0v) is 15.4. The molecule has 4 rings (SSSR count). The number of aromatic nitrogens is 3. The fourth-order valence-corrected chi connectivity index (χ4v) is 3.55. The van der Waals surface area contributed by atoms with Crippen molar-refractivity contribution in [2.45, 2.75) is 32.5 Å². The number of nitrogens with zero attached hydrogens (tertiary/aromatic N) is 3.